The minimum atomic E-state index is -4.80. The van der Waals surface area contributed by atoms with Gasteiger partial charge in [0.1, 0.15) is 43.1 Å². The van der Waals surface area contributed by atoms with E-state index in [0.717, 1.165) is 12.1 Å². The van der Waals surface area contributed by atoms with Gasteiger partial charge in [-0.15, -0.1) is 10.2 Å². The van der Waals surface area contributed by atoms with Crippen molar-refractivity contribution in [2.45, 2.75) is 36.5 Å². The van der Waals surface area contributed by atoms with Crippen LogP contribution < -0.4 is 0 Å². The maximum atomic E-state index is 11.5. The van der Waals surface area contributed by atoms with Crippen molar-refractivity contribution >= 4 is 114 Å². The first-order valence-electron chi connectivity index (χ1n) is 16.3. The summed E-state index contributed by atoms with van der Waals surface area (Å²) >= 11 is 0. The third-order valence-corrected chi connectivity index (χ3v) is 10.0. The Morgan fingerprint density at radius 3 is 1.18 bits per heavy atom. The molecule has 0 saturated carbocycles. The molecule has 0 aliphatic carbocycles. The Balaban J connectivity index is 0.000000248. The summed E-state index contributed by atoms with van der Waals surface area (Å²) in [5.74, 6) is -1.02. The number of phenolic OH excluding ortho intramolecular Hbond substituents is 2. The van der Waals surface area contributed by atoms with Crippen molar-refractivity contribution in [2.75, 3.05) is 0 Å². The molecule has 0 fully saturated rings. The van der Waals surface area contributed by atoms with Gasteiger partial charge in [-0.25, -0.2) is 27.3 Å². The number of hydrogen-bond donors (Lipinski definition) is 4. The Bertz CT molecular complexity index is 2640. The van der Waals surface area contributed by atoms with E-state index in [2.05, 4.69) is 20.5 Å². The molecule has 18 nitrogen and oxygen atoms in total. The van der Waals surface area contributed by atoms with E-state index in [1.807, 2.05) is 0 Å². The number of nitrogens with zero attached hydrogens (tertiary/aromatic N) is 6. The third kappa shape index (κ3) is 10.1. The van der Waals surface area contributed by atoms with Crippen molar-refractivity contribution < 1.29 is 56.4 Å². The summed E-state index contributed by atoms with van der Waals surface area (Å²) in [7, 11) is -9.60. The molecule has 0 spiro atoms. The number of benzene rings is 6. The van der Waals surface area contributed by atoms with Gasteiger partial charge in [-0.1, -0.05) is 62.4 Å². The van der Waals surface area contributed by atoms with E-state index in [9.17, 15) is 46.0 Å². The second kappa shape index (κ2) is 18.2. The van der Waals surface area contributed by atoms with Gasteiger partial charge >= 0.3 is 49.1 Å². The van der Waals surface area contributed by atoms with Crippen LogP contribution in [0.4, 0.5) is 34.1 Å². The largest absolute Gasteiger partial charge is 2.00 e. The molecule has 57 heavy (non-hydrogen) atoms. The van der Waals surface area contributed by atoms with Crippen LogP contribution in [0.3, 0.4) is 0 Å². The van der Waals surface area contributed by atoms with E-state index in [4.69, 9.17) is 10.4 Å². The Morgan fingerprint density at radius 1 is 0.544 bits per heavy atom. The van der Waals surface area contributed by atoms with E-state index in [1.54, 1.807) is 50.2 Å². The average Bonchev–Trinajstić information content (AvgIpc) is 3.15. The molecule has 6 aromatic rings. The van der Waals surface area contributed by atoms with Crippen molar-refractivity contribution in [2.24, 2.45) is 20.5 Å². The van der Waals surface area contributed by atoms with E-state index in [1.165, 1.54) is 48.5 Å². The summed E-state index contributed by atoms with van der Waals surface area (Å²) < 4.78 is 68.9. The Kier molecular flexibility index (Phi) is 14.1. The van der Waals surface area contributed by atoms with E-state index in [0.29, 0.717) is 35.3 Å². The maximum Gasteiger partial charge on any atom is 2.00 e. The van der Waals surface area contributed by atoms with Crippen LogP contribution in [-0.4, -0.2) is 94.2 Å². The van der Waals surface area contributed by atoms with Gasteiger partial charge in [0.15, 0.2) is 0 Å². The van der Waals surface area contributed by atoms with Gasteiger partial charge in [-0.3, -0.25) is 0 Å². The normalized spacial score (nSPS) is 11.7. The molecule has 0 atom stereocenters. The monoisotopic (exact) mass is 842 g/mol. The fourth-order valence-electron chi connectivity index (χ4n) is 5.67. The van der Waals surface area contributed by atoms with Crippen molar-refractivity contribution in [3.63, 3.8) is 0 Å². The summed E-state index contributed by atoms with van der Waals surface area (Å²) in [5, 5.41) is 55.4. The molecular weight excluding hydrogens is 813 g/mol. The molecule has 6 aromatic carbocycles. The molecule has 4 N–H and O–H groups in total. The van der Waals surface area contributed by atoms with Crippen molar-refractivity contribution in [1.82, 2.24) is 0 Å². The van der Waals surface area contributed by atoms with E-state index in [-0.39, 0.29) is 91.9 Å². The molecule has 6 rings (SSSR count). The Morgan fingerprint density at radius 2 is 0.877 bits per heavy atom. The predicted octanol–water partition coefficient (Wildman–Crippen LogP) is 8.07. The van der Waals surface area contributed by atoms with E-state index >= 15 is 0 Å². The number of rotatable bonds is 10. The molecule has 0 amide bonds. The van der Waals surface area contributed by atoms with Gasteiger partial charge in [0.2, 0.25) is 0 Å². The first-order valence-corrected chi connectivity index (χ1v) is 19.1. The van der Waals surface area contributed by atoms with Crippen LogP contribution in [0.2, 0.25) is 0 Å². The molecule has 288 valence electrons. The topological polar surface area (TPSA) is 285 Å². The quantitative estimate of drug-likeness (QED) is 0.0441. The fraction of sp³-hybridized carbons (Fsp3) is 0.111. The first-order chi connectivity index (χ1) is 26.4. The van der Waals surface area contributed by atoms with Gasteiger partial charge in [0.05, 0.1) is 31.0 Å². The average molecular weight is 843 g/mol. The zero-order chi connectivity index (χ0) is 40.9. The second-order valence-electron chi connectivity index (χ2n) is 11.8. The summed E-state index contributed by atoms with van der Waals surface area (Å²) in [6.45, 7) is 3.59. The standard InChI is InChI=1S/2C18H15N3O6S.Ca/c2*1-2-11-9-12(7-8-15(11)21(23)24)19-20-18-14-6-4-3-5-13(14)17(10-16(18)22)28(25,26)27;/h2*3-10H,2H2,1H3,(H2-,19,22,23,24,25,26,27);/q;;+2. The minimum absolute atomic E-state index is 0. The van der Waals surface area contributed by atoms with Crippen LogP contribution in [0.15, 0.2) is 127 Å². The van der Waals surface area contributed by atoms with Gasteiger partial charge in [0, 0.05) is 56.9 Å². The van der Waals surface area contributed by atoms with Crippen LogP contribution >= 0.6 is 0 Å². The number of hydrogen-bond acceptors (Lipinski definition) is 14. The maximum absolute atomic E-state index is 11.5. The number of aromatic hydroxyl groups is 2. The number of aryl methyl sites for hydroxylation is 2. The second-order valence-corrected chi connectivity index (χ2v) is 14.5. The van der Waals surface area contributed by atoms with Crippen LogP contribution in [0.25, 0.3) is 21.5 Å². The molecule has 0 radical (unpaired) electrons. The molecule has 0 bridgehead atoms. The molecule has 0 aromatic heterocycles. The summed E-state index contributed by atoms with van der Waals surface area (Å²) in [6, 6.07) is 22.7. The fourth-order valence-corrected chi connectivity index (χ4v) is 7.08. The van der Waals surface area contributed by atoms with Gasteiger partial charge < -0.3 is 19.3 Å². The number of phenols is 2. The van der Waals surface area contributed by atoms with Gasteiger partial charge in [-0.2, -0.15) is 10.2 Å². The third-order valence-electron chi connectivity index (χ3n) is 8.29. The van der Waals surface area contributed by atoms with Crippen molar-refractivity contribution in [3.8, 4) is 11.5 Å². The molecule has 0 aliphatic heterocycles. The van der Waals surface area contributed by atoms with Gasteiger partial charge in [-0.05, 0) is 37.1 Å². The van der Waals surface area contributed by atoms with Crippen LogP contribution in [-0.2, 0) is 33.1 Å². The number of azo groups is 2. The molecule has 0 saturated heterocycles. The summed E-state index contributed by atoms with van der Waals surface area (Å²) in [6.07, 6.45) is 0.921. The molecular formula is C36H30CaN6O12S2+2. The summed E-state index contributed by atoms with van der Waals surface area (Å²) in [5.41, 5.74) is 1.94. The Labute approximate surface area is 354 Å². The SMILES string of the molecule is CCc1cc(N=Nc2c(O)cc(S(=O)(=O)[O-])c3ccccc23)ccc1[N+](=O)O.CCc1cc(N=Nc2c(O)cc(S(=O)(=O)[O-])c3ccccc23)ccc1[N+](=O)O.[Ca+2]. The molecule has 21 heteroatoms. The molecule has 0 aliphatic rings. The Hall–Kier alpha value is -5.48. The van der Waals surface area contributed by atoms with Gasteiger partial charge in [0.25, 0.3) is 9.85 Å². The van der Waals surface area contributed by atoms with Crippen molar-refractivity contribution in [1.29, 1.82) is 0 Å². The van der Waals surface area contributed by atoms with Crippen LogP contribution in [0.1, 0.15) is 25.0 Å². The van der Waals surface area contributed by atoms with Crippen molar-refractivity contribution in [3.05, 3.63) is 118 Å². The van der Waals surface area contributed by atoms with Crippen LogP contribution in [0.5, 0.6) is 11.5 Å². The minimum Gasteiger partial charge on any atom is -0.744 e. The predicted molar refractivity (Wildman–Crippen MR) is 203 cm³/mol. The van der Waals surface area contributed by atoms with Crippen LogP contribution in [0, 0.1) is 9.81 Å². The van der Waals surface area contributed by atoms with E-state index < -0.39 is 41.5 Å². The molecule has 0 heterocycles. The zero-order valence-electron chi connectivity index (χ0n) is 29.9. The smallest absolute Gasteiger partial charge is 0.744 e. The zero-order valence-corrected chi connectivity index (χ0v) is 33.8. The summed E-state index contributed by atoms with van der Waals surface area (Å²) in [4.78, 5) is 20.7. The first kappa shape index (κ1) is 44.2. The number of fused-ring (bicyclic) bond motifs is 2. The molecule has 0 unspecified atom stereocenters.